The molecule has 3 atom stereocenters. The van der Waals surface area contributed by atoms with E-state index < -0.39 is 11.9 Å². The largest absolute Gasteiger partial charge is 0.497 e. The normalized spacial score (nSPS) is 23.1. The molecular weight excluding hydrogens is 380 g/mol. The highest BCUT2D eigenvalue weighted by molar-refractivity contribution is 6.00. The summed E-state index contributed by atoms with van der Waals surface area (Å²) in [6.07, 6.45) is 1.44. The molecule has 1 N–H and O–H groups in total. The Morgan fingerprint density at radius 3 is 2.60 bits per heavy atom. The zero-order chi connectivity index (χ0) is 20.8. The summed E-state index contributed by atoms with van der Waals surface area (Å²) in [6, 6.07) is 15.8. The maximum atomic E-state index is 13.5. The number of aromatic nitrogens is 1. The summed E-state index contributed by atoms with van der Waals surface area (Å²) in [5.74, 6) is -0.960. The highest BCUT2D eigenvalue weighted by Gasteiger charge is 2.49. The van der Waals surface area contributed by atoms with Crippen molar-refractivity contribution in [3.05, 3.63) is 65.4 Å². The van der Waals surface area contributed by atoms with E-state index in [2.05, 4.69) is 17.1 Å². The van der Waals surface area contributed by atoms with Crippen LogP contribution in [-0.2, 0) is 20.7 Å². The fraction of sp³-hybridized carbons (Fsp3) is 0.333. The lowest BCUT2D eigenvalue weighted by atomic mass is 9.74. The first-order valence-corrected chi connectivity index (χ1v) is 10.2. The first-order valence-electron chi connectivity index (χ1n) is 10.2. The molecule has 2 aliphatic rings. The lowest BCUT2D eigenvalue weighted by Crippen LogP contribution is -2.51. The molecule has 0 spiro atoms. The molecule has 0 radical (unpaired) electrons. The van der Waals surface area contributed by atoms with Crippen LogP contribution in [0.15, 0.2) is 48.5 Å². The van der Waals surface area contributed by atoms with Crippen molar-refractivity contribution >= 4 is 22.8 Å². The molecule has 0 bridgehead atoms. The van der Waals surface area contributed by atoms with E-state index in [9.17, 15) is 9.59 Å². The second kappa shape index (κ2) is 7.20. The summed E-state index contributed by atoms with van der Waals surface area (Å²) in [5.41, 5.74) is 4.41. The van der Waals surface area contributed by atoms with Crippen molar-refractivity contribution in [3.8, 4) is 5.75 Å². The molecule has 2 aliphatic heterocycles. The number of carbonyl (C=O) groups is 2. The summed E-state index contributed by atoms with van der Waals surface area (Å²) in [6.45, 7) is 0.612. The van der Waals surface area contributed by atoms with Crippen LogP contribution in [0.1, 0.15) is 35.2 Å². The van der Waals surface area contributed by atoms with Gasteiger partial charge in [0.1, 0.15) is 11.7 Å². The third kappa shape index (κ3) is 2.78. The molecule has 1 aromatic heterocycles. The Hall–Kier alpha value is -3.28. The molecule has 154 valence electrons. The molecule has 1 fully saturated rings. The third-order valence-corrected chi connectivity index (χ3v) is 6.59. The second-order valence-corrected chi connectivity index (χ2v) is 7.98. The van der Waals surface area contributed by atoms with Gasteiger partial charge in [-0.2, -0.15) is 0 Å². The molecule has 0 aliphatic carbocycles. The average Bonchev–Trinajstić information content (AvgIpc) is 3.17. The number of H-pyrrole nitrogens is 1. The number of aromatic amines is 1. The van der Waals surface area contributed by atoms with E-state index in [1.165, 1.54) is 18.1 Å². The first-order chi connectivity index (χ1) is 14.6. The highest BCUT2D eigenvalue weighted by Crippen LogP contribution is 2.47. The van der Waals surface area contributed by atoms with Crippen LogP contribution in [0.5, 0.6) is 5.75 Å². The number of methoxy groups -OCH3 is 2. The molecule has 6 heteroatoms. The van der Waals surface area contributed by atoms with Crippen LogP contribution in [0.3, 0.4) is 0 Å². The number of rotatable bonds is 3. The van der Waals surface area contributed by atoms with Gasteiger partial charge in [-0.25, -0.2) is 0 Å². The Labute approximate surface area is 174 Å². The number of benzene rings is 2. The van der Waals surface area contributed by atoms with Gasteiger partial charge in [0.25, 0.3) is 0 Å². The molecule has 0 saturated carbocycles. The first kappa shape index (κ1) is 18.7. The quantitative estimate of drug-likeness (QED) is 0.535. The Kier molecular flexibility index (Phi) is 4.50. The maximum Gasteiger partial charge on any atom is 0.318 e. The molecule has 6 nitrogen and oxygen atoms in total. The van der Waals surface area contributed by atoms with Crippen LogP contribution in [0.25, 0.3) is 10.9 Å². The maximum absolute atomic E-state index is 13.5. The van der Waals surface area contributed by atoms with Crippen LogP contribution in [0.4, 0.5) is 0 Å². The van der Waals surface area contributed by atoms with E-state index in [-0.39, 0.29) is 17.9 Å². The number of esters is 1. The molecule has 0 unspecified atom stereocenters. The van der Waals surface area contributed by atoms with Crippen LogP contribution < -0.4 is 4.74 Å². The number of nitrogens with zero attached hydrogens (tertiary/aromatic N) is 1. The van der Waals surface area contributed by atoms with Gasteiger partial charge in [-0.3, -0.25) is 9.59 Å². The summed E-state index contributed by atoms with van der Waals surface area (Å²) < 4.78 is 10.3. The van der Waals surface area contributed by atoms with Crippen molar-refractivity contribution in [2.24, 2.45) is 5.92 Å². The lowest BCUT2D eigenvalue weighted by Gasteiger charge is -2.45. The molecule has 1 amide bonds. The molecule has 5 rings (SSSR count). The molecule has 1 saturated heterocycles. The van der Waals surface area contributed by atoms with E-state index in [0.29, 0.717) is 13.0 Å². The van der Waals surface area contributed by atoms with E-state index in [4.69, 9.17) is 9.47 Å². The topological polar surface area (TPSA) is 71.6 Å². The number of ether oxygens (including phenoxy) is 2. The fourth-order valence-corrected chi connectivity index (χ4v) is 5.13. The summed E-state index contributed by atoms with van der Waals surface area (Å²) in [4.78, 5) is 31.5. The number of nitrogens with one attached hydrogen (secondary N) is 1. The van der Waals surface area contributed by atoms with E-state index in [1.807, 2.05) is 41.3 Å². The van der Waals surface area contributed by atoms with Crippen molar-refractivity contribution < 1.29 is 19.1 Å². The third-order valence-electron chi connectivity index (χ3n) is 6.59. The summed E-state index contributed by atoms with van der Waals surface area (Å²) in [5, 5.41) is 1.22. The Bertz CT molecular complexity index is 1120. The highest BCUT2D eigenvalue weighted by atomic mass is 16.5. The van der Waals surface area contributed by atoms with E-state index in [0.717, 1.165) is 28.9 Å². The van der Waals surface area contributed by atoms with Crippen molar-refractivity contribution in [3.63, 3.8) is 0 Å². The number of piperidine rings is 1. The molecule has 3 heterocycles. The minimum atomic E-state index is -0.828. The number of hydrogen-bond donors (Lipinski definition) is 1. The lowest BCUT2D eigenvalue weighted by molar-refractivity contribution is -0.160. The van der Waals surface area contributed by atoms with Gasteiger partial charge in [0.2, 0.25) is 5.91 Å². The van der Waals surface area contributed by atoms with Crippen LogP contribution in [0.2, 0.25) is 0 Å². The smallest absolute Gasteiger partial charge is 0.318 e. The summed E-state index contributed by atoms with van der Waals surface area (Å²) >= 11 is 0. The number of amides is 1. The molecular formula is C24H24N2O4. The number of carbonyl (C=O) groups excluding carboxylic acids is 2. The van der Waals surface area contributed by atoms with Gasteiger partial charge < -0.3 is 19.4 Å². The predicted octanol–water partition coefficient (Wildman–Crippen LogP) is 3.58. The fourth-order valence-electron chi connectivity index (χ4n) is 5.13. The van der Waals surface area contributed by atoms with Gasteiger partial charge in [-0.15, -0.1) is 0 Å². The molecule has 2 aromatic carbocycles. The monoisotopic (exact) mass is 404 g/mol. The van der Waals surface area contributed by atoms with Gasteiger partial charge >= 0.3 is 5.97 Å². The standard InChI is InChI=1S/C24H24N2O4/c1-29-15-9-7-14(8-10-15)18-13-20-22-17(16-5-3-4-6-19(16)25-22)11-12-26(20)23(27)21(18)24(28)30-2/h3-10,18,20-21,25H,11-13H2,1-2H3/t18-,20+,21-/m0/s1. The van der Waals surface area contributed by atoms with Crippen molar-refractivity contribution in [2.45, 2.75) is 24.8 Å². The number of hydrogen-bond acceptors (Lipinski definition) is 4. The SMILES string of the molecule is COC(=O)[C@@H]1C(=O)N2CCc3c([nH]c4ccccc34)[C@H]2C[C@H]1c1ccc(OC)cc1. The van der Waals surface area contributed by atoms with Gasteiger partial charge in [-0.05, 0) is 42.2 Å². The number of fused-ring (bicyclic) bond motifs is 5. The number of para-hydroxylation sites is 1. The van der Waals surface area contributed by atoms with Gasteiger partial charge in [0, 0.05) is 29.1 Å². The minimum Gasteiger partial charge on any atom is -0.497 e. The zero-order valence-corrected chi connectivity index (χ0v) is 17.1. The predicted molar refractivity (Wildman–Crippen MR) is 112 cm³/mol. The van der Waals surface area contributed by atoms with E-state index in [1.54, 1.807) is 7.11 Å². The minimum absolute atomic E-state index is 0.0818. The van der Waals surface area contributed by atoms with Crippen LogP contribution in [0, 0.1) is 5.92 Å². The Morgan fingerprint density at radius 2 is 1.87 bits per heavy atom. The Morgan fingerprint density at radius 1 is 1.10 bits per heavy atom. The second-order valence-electron chi connectivity index (χ2n) is 7.98. The van der Waals surface area contributed by atoms with E-state index >= 15 is 0 Å². The van der Waals surface area contributed by atoms with Gasteiger partial charge in [-0.1, -0.05) is 30.3 Å². The van der Waals surface area contributed by atoms with Crippen LogP contribution >= 0.6 is 0 Å². The van der Waals surface area contributed by atoms with Crippen molar-refractivity contribution in [1.82, 2.24) is 9.88 Å². The van der Waals surface area contributed by atoms with Crippen LogP contribution in [-0.4, -0.2) is 42.5 Å². The van der Waals surface area contributed by atoms with Crippen molar-refractivity contribution in [2.75, 3.05) is 20.8 Å². The molecule has 30 heavy (non-hydrogen) atoms. The molecule has 3 aromatic rings. The van der Waals surface area contributed by atoms with Gasteiger partial charge in [0.15, 0.2) is 0 Å². The zero-order valence-electron chi connectivity index (χ0n) is 17.1. The Balaban J connectivity index is 1.59. The summed E-state index contributed by atoms with van der Waals surface area (Å²) in [7, 11) is 2.96. The van der Waals surface area contributed by atoms with Crippen molar-refractivity contribution in [1.29, 1.82) is 0 Å². The van der Waals surface area contributed by atoms with Gasteiger partial charge in [0.05, 0.1) is 20.3 Å². The average molecular weight is 404 g/mol.